The average molecular weight is 264 g/mol. The van der Waals surface area contributed by atoms with Gasteiger partial charge < -0.3 is 9.64 Å². The molecule has 1 fully saturated rings. The highest BCUT2D eigenvalue weighted by Crippen LogP contribution is 2.16. The van der Waals surface area contributed by atoms with Gasteiger partial charge in [0.05, 0.1) is 12.4 Å². The van der Waals surface area contributed by atoms with E-state index in [1.54, 1.807) is 0 Å². The molecular weight excluding hydrogens is 242 g/mol. The van der Waals surface area contributed by atoms with Gasteiger partial charge in [0.1, 0.15) is 9.84 Å². The van der Waals surface area contributed by atoms with Gasteiger partial charge in [-0.2, -0.15) is 0 Å². The Labute approximate surface area is 104 Å². The van der Waals surface area contributed by atoms with Crippen molar-refractivity contribution in [3.8, 4) is 0 Å². The van der Waals surface area contributed by atoms with Crippen LogP contribution in [0.4, 0.5) is 0 Å². The highest BCUT2D eigenvalue weighted by atomic mass is 32.2. The van der Waals surface area contributed by atoms with Crippen LogP contribution in [-0.4, -0.2) is 58.4 Å². The van der Waals surface area contributed by atoms with Crippen molar-refractivity contribution in [2.24, 2.45) is 5.92 Å². The molecule has 1 heterocycles. The molecule has 0 saturated carbocycles. The first kappa shape index (κ1) is 14.9. The van der Waals surface area contributed by atoms with Crippen LogP contribution in [0, 0.1) is 5.92 Å². The van der Waals surface area contributed by atoms with Gasteiger partial charge in [-0.1, -0.05) is 0 Å². The Kier molecular flexibility index (Phi) is 5.85. The number of hydrogen-bond donors (Lipinski definition) is 0. The Bertz CT molecular complexity index is 317. The highest BCUT2D eigenvalue weighted by molar-refractivity contribution is 7.90. The van der Waals surface area contributed by atoms with E-state index < -0.39 is 16.1 Å². The Morgan fingerprint density at radius 2 is 2.18 bits per heavy atom. The predicted molar refractivity (Wildman–Crippen MR) is 65.0 cm³/mol. The van der Waals surface area contributed by atoms with Crippen LogP contribution in [0.15, 0.2) is 0 Å². The molecule has 6 heteroatoms. The van der Waals surface area contributed by atoms with Crippen molar-refractivity contribution in [2.45, 2.75) is 25.6 Å². The SMILES string of the molecule is CN1CCCC(COC([O])CCS(C)(=O)=O)C1. The lowest BCUT2D eigenvalue weighted by atomic mass is 10.00. The summed E-state index contributed by atoms with van der Waals surface area (Å²) in [4.78, 5) is 2.23. The van der Waals surface area contributed by atoms with Gasteiger partial charge in [-0.15, -0.1) is 0 Å². The van der Waals surface area contributed by atoms with Crippen molar-refractivity contribution in [3.63, 3.8) is 0 Å². The number of likely N-dealkylation sites (tertiary alicyclic amines) is 1. The summed E-state index contributed by atoms with van der Waals surface area (Å²) >= 11 is 0. The maximum Gasteiger partial charge on any atom is 0.192 e. The van der Waals surface area contributed by atoms with E-state index >= 15 is 0 Å². The molecule has 0 aromatic heterocycles. The molecule has 1 aliphatic heterocycles. The molecule has 0 bridgehead atoms. The van der Waals surface area contributed by atoms with Crippen LogP contribution >= 0.6 is 0 Å². The summed E-state index contributed by atoms with van der Waals surface area (Å²) in [5, 5.41) is 11.4. The zero-order chi connectivity index (χ0) is 12.9. The molecule has 0 aromatic carbocycles. The molecule has 2 atom stereocenters. The monoisotopic (exact) mass is 264 g/mol. The lowest BCUT2D eigenvalue weighted by molar-refractivity contribution is -0.151. The second kappa shape index (κ2) is 6.68. The summed E-state index contributed by atoms with van der Waals surface area (Å²) in [7, 11) is -0.999. The van der Waals surface area contributed by atoms with E-state index in [-0.39, 0.29) is 12.2 Å². The zero-order valence-corrected chi connectivity index (χ0v) is 11.4. The molecule has 0 aromatic rings. The summed E-state index contributed by atoms with van der Waals surface area (Å²) in [5.74, 6) is 0.314. The molecule has 1 saturated heterocycles. The van der Waals surface area contributed by atoms with Gasteiger partial charge in [-0.25, -0.2) is 13.5 Å². The highest BCUT2D eigenvalue weighted by Gasteiger charge is 2.19. The third kappa shape index (κ3) is 6.98. The average Bonchev–Trinajstić information content (AvgIpc) is 2.23. The first-order chi connectivity index (χ1) is 7.87. The maximum atomic E-state index is 11.4. The number of hydrogen-bond acceptors (Lipinski definition) is 4. The lowest BCUT2D eigenvalue weighted by Crippen LogP contribution is -2.35. The van der Waals surface area contributed by atoms with Gasteiger partial charge in [-0.3, -0.25) is 0 Å². The van der Waals surface area contributed by atoms with Crippen LogP contribution in [0.1, 0.15) is 19.3 Å². The second-order valence-electron chi connectivity index (χ2n) is 4.95. The molecule has 2 unspecified atom stereocenters. The quantitative estimate of drug-likeness (QED) is 0.657. The Morgan fingerprint density at radius 1 is 1.47 bits per heavy atom. The normalized spacial score (nSPS) is 24.8. The standard InChI is InChI=1S/C11H22NO4S/c1-12-6-3-4-10(8-12)9-16-11(13)5-7-17(2,14)15/h10-11H,3-9H2,1-2H3. The van der Waals surface area contributed by atoms with E-state index in [4.69, 9.17) is 4.74 Å². The first-order valence-electron chi connectivity index (χ1n) is 6.00. The second-order valence-corrected chi connectivity index (χ2v) is 7.21. The van der Waals surface area contributed by atoms with Crippen LogP contribution in [0.5, 0.6) is 0 Å². The Hall–Kier alpha value is -0.170. The van der Waals surface area contributed by atoms with Crippen LogP contribution in [0.2, 0.25) is 0 Å². The largest absolute Gasteiger partial charge is 0.349 e. The number of piperidine rings is 1. The van der Waals surface area contributed by atoms with Crippen LogP contribution in [-0.2, 0) is 19.7 Å². The first-order valence-corrected chi connectivity index (χ1v) is 8.06. The van der Waals surface area contributed by atoms with Crippen molar-refractivity contribution >= 4 is 9.84 Å². The fraction of sp³-hybridized carbons (Fsp3) is 1.00. The van der Waals surface area contributed by atoms with Crippen LogP contribution in [0.25, 0.3) is 0 Å². The lowest BCUT2D eigenvalue weighted by Gasteiger charge is -2.29. The minimum Gasteiger partial charge on any atom is -0.349 e. The van der Waals surface area contributed by atoms with Gasteiger partial charge in [0, 0.05) is 19.2 Å². The summed E-state index contributed by atoms with van der Waals surface area (Å²) in [6, 6.07) is 0. The van der Waals surface area contributed by atoms with Gasteiger partial charge in [-0.05, 0) is 32.4 Å². The van der Waals surface area contributed by atoms with Crippen molar-refractivity contribution in [2.75, 3.05) is 38.8 Å². The van der Waals surface area contributed by atoms with Crippen molar-refractivity contribution in [1.82, 2.24) is 4.90 Å². The summed E-state index contributed by atoms with van der Waals surface area (Å²) in [5.41, 5.74) is 0. The third-order valence-electron chi connectivity index (χ3n) is 2.96. The van der Waals surface area contributed by atoms with Gasteiger partial charge in [0.25, 0.3) is 0 Å². The van der Waals surface area contributed by atoms with E-state index in [2.05, 4.69) is 11.9 Å². The fourth-order valence-electron chi connectivity index (χ4n) is 2.05. The fourth-order valence-corrected chi connectivity index (χ4v) is 2.67. The van der Waals surface area contributed by atoms with Crippen molar-refractivity contribution < 1.29 is 18.3 Å². The molecule has 0 aliphatic carbocycles. The zero-order valence-electron chi connectivity index (χ0n) is 10.6. The molecule has 0 spiro atoms. The molecule has 0 amide bonds. The van der Waals surface area contributed by atoms with Crippen LogP contribution in [0.3, 0.4) is 0 Å². The molecule has 17 heavy (non-hydrogen) atoms. The minimum absolute atomic E-state index is 0.0430. The minimum atomic E-state index is -3.06. The van der Waals surface area contributed by atoms with E-state index in [9.17, 15) is 13.5 Å². The smallest absolute Gasteiger partial charge is 0.192 e. The van der Waals surface area contributed by atoms with E-state index in [1.165, 1.54) is 0 Å². The summed E-state index contributed by atoms with van der Waals surface area (Å²) in [6.07, 6.45) is 2.19. The Balaban J connectivity index is 2.16. The molecule has 101 valence electrons. The number of rotatable bonds is 6. The molecule has 1 radical (unpaired) electrons. The molecule has 1 rings (SSSR count). The summed E-state index contributed by atoms with van der Waals surface area (Å²) < 4.78 is 26.9. The number of sulfone groups is 1. The molecule has 1 aliphatic rings. The van der Waals surface area contributed by atoms with Gasteiger partial charge in [0.2, 0.25) is 0 Å². The third-order valence-corrected chi connectivity index (χ3v) is 3.94. The number of ether oxygens (including phenoxy) is 1. The predicted octanol–water partition coefficient (Wildman–Crippen LogP) is 0.536. The number of nitrogens with zero attached hydrogens (tertiary/aromatic N) is 1. The van der Waals surface area contributed by atoms with Crippen LogP contribution < -0.4 is 0 Å². The topological polar surface area (TPSA) is 66.5 Å². The van der Waals surface area contributed by atoms with Gasteiger partial charge in [0.15, 0.2) is 6.29 Å². The Morgan fingerprint density at radius 3 is 2.76 bits per heavy atom. The van der Waals surface area contributed by atoms with E-state index in [0.29, 0.717) is 12.5 Å². The molecule has 5 nitrogen and oxygen atoms in total. The maximum absolute atomic E-state index is 11.4. The van der Waals surface area contributed by atoms with E-state index in [0.717, 1.165) is 32.2 Å². The molecular formula is C11H22NO4S. The summed E-state index contributed by atoms with van der Waals surface area (Å²) in [6.45, 7) is 2.51. The van der Waals surface area contributed by atoms with Crippen molar-refractivity contribution in [1.29, 1.82) is 0 Å². The van der Waals surface area contributed by atoms with Gasteiger partial charge >= 0.3 is 0 Å². The molecule has 0 N–H and O–H groups in total. The van der Waals surface area contributed by atoms with Crippen molar-refractivity contribution in [3.05, 3.63) is 0 Å². The van der Waals surface area contributed by atoms with E-state index in [1.807, 2.05) is 0 Å².